The van der Waals surface area contributed by atoms with Crippen molar-refractivity contribution in [3.05, 3.63) is 0 Å². The van der Waals surface area contributed by atoms with Crippen LogP contribution in [0.5, 0.6) is 0 Å². The first-order valence-corrected chi connectivity index (χ1v) is 3.59. The van der Waals surface area contributed by atoms with Crippen LogP contribution in [0.25, 0.3) is 0 Å². The Hall–Kier alpha value is -0.0400. The molecule has 0 radical (unpaired) electrons. The van der Waals surface area contributed by atoms with Gasteiger partial charge in [0.15, 0.2) is 0 Å². The molecule has 4 atom stereocenters. The zero-order chi connectivity index (χ0) is 5.14. The summed E-state index contributed by atoms with van der Waals surface area (Å²) in [6.45, 7) is 0. The minimum atomic E-state index is 0.721. The third-order valence-corrected chi connectivity index (χ3v) is 2.83. The fraction of sp³-hybridized carbons (Fsp3) is 1.00. The van der Waals surface area contributed by atoms with Crippen LogP contribution in [-0.4, -0.2) is 12.2 Å². The zero-order valence-corrected chi connectivity index (χ0v) is 4.84. The highest BCUT2D eigenvalue weighted by atomic mass is 16.6. The van der Waals surface area contributed by atoms with E-state index in [2.05, 4.69) is 0 Å². The third-order valence-electron chi connectivity index (χ3n) is 2.83. The van der Waals surface area contributed by atoms with E-state index in [-0.39, 0.29) is 0 Å². The molecule has 0 amide bonds. The van der Waals surface area contributed by atoms with Crippen molar-refractivity contribution in [2.45, 2.75) is 31.5 Å². The van der Waals surface area contributed by atoms with E-state index in [1.54, 1.807) is 0 Å². The van der Waals surface area contributed by atoms with E-state index in [4.69, 9.17) is 4.74 Å². The van der Waals surface area contributed by atoms with E-state index in [1.165, 1.54) is 19.3 Å². The molecule has 2 aliphatic carbocycles. The molecular weight excluding hydrogens is 100 g/mol. The summed E-state index contributed by atoms with van der Waals surface area (Å²) in [6.07, 6.45) is 5.76. The first kappa shape index (κ1) is 3.89. The molecule has 0 bridgehead atoms. The van der Waals surface area contributed by atoms with Crippen LogP contribution in [0.4, 0.5) is 0 Å². The molecule has 2 saturated carbocycles. The van der Waals surface area contributed by atoms with Crippen LogP contribution in [0, 0.1) is 11.8 Å². The Morgan fingerprint density at radius 1 is 0.875 bits per heavy atom. The van der Waals surface area contributed by atoms with Crippen molar-refractivity contribution in [1.82, 2.24) is 0 Å². The average molecular weight is 110 g/mol. The molecule has 4 unspecified atom stereocenters. The van der Waals surface area contributed by atoms with Crippen molar-refractivity contribution in [2.24, 2.45) is 11.8 Å². The minimum Gasteiger partial charge on any atom is -0.370 e. The highest BCUT2D eigenvalue weighted by molar-refractivity contribution is 5.03. The predicted molar refractivity (Wildman–Crippen MR) is 29.5 cm³/mol. The van der Waals surface area contributed by atoms with Gasteiger partial charge in [-0.1, -0.05) is 0 Å². The second kappa shape index (κ2) is 0.971. The number of ether oxygens (including phenoxy) is 1. The smallest absolute Gasteiger partial charge is 0.0844 e. The highest BCUT2D eigenvalue weighted by Gasteiger charge is 2.54. The molecular formula is C7H10O. The molecule has 8 heavy (non-hydrogen) atoms. The van der Waals surface area contributed by atoms with Crippen molar-refractivity contribution in [3.63, 3.8) is 0 Å². The number of fused-ring (bicyclic) bond motifs is 2. The van der Waals surface area contributed by atoms with Gasteiger partial charge in [-0.25, -0.2) is 0 Å². The van der Waals surface area contributed by atoms with E-state index in [0.717, 1.165) is 24.0 Å². The van der Waals surface area contributed by atoms with Gasteiger partial charge in [-0.2, -0.15) is 0 Å². The number of hydrogen-bond donors (Lipinski definition) is 0. The summed E-state index contributed by atoms with van der Waals surface area (Å²) < 4.78 is 5.38. The van der Waals surface area contributed by atoms with Crippen LogP contribution in [-0.2, 0) is 4.74 Å². The molecule has 1 heterocycles. The summed E-state index contributed by atoms with van der Waals surface area (Å²) in [5.41, 5.74) is 0. The van der Waals surface area contributed by atoms with Crippen LogP contribution < -0.4 is 0 Å². The van der Waals surface area contributed by atoms with Gasteiger partial charge >= 0.3 is 0 Å². The van der Waals surface area contributed by atoms with Gasteiger partial charge in [-0.15, -0.1) is 0 Å². The maximum Gasteiger partial charge on any atom is 0.0844 e. The molecule has 3 aliphatic rings. The molecule has 1 nitrogen and oxygen atoms in total. The van der Waals surface area contributed by atoms with Crippen LogP contribution in [0.3, 0.4) is 0 Å². The quantitative estimate of drug-likeness (QED) is 0.427. The first-order valence-electron chi connectivity index (χ1n) is 3.59. The van der Waals surface area contributed by atoms with Gasteiger partial charge in [0.1, 0.15) is 0 Å². The second-order valence-electron chi connectivity index (χ2n) is 3.44. The molecule has 3 fully saturated rings. The van der Waals surface area contributed by atoms with Crippen molar-refractivity contribution in [3.8, 4) is 0 Å². The van der Waals surface area contributed by atoms with Gasteiger partial charge in [0, 0.05) is 0 Å². The van der Waals surface area contributed by atoms with Crippen LogP contribution in [0.1, 0.15) is 19.3 Å². The van der Waals surface area contributed by atoms with Gasteiger partial charge in [-0.05, 0) is 31.1 Å². The minimum absolute atomic E-state index is 0.721. The Morgan fingerprint density at radius 2 is 1.50 bits per heavy atom. The third kappa shape index (κ3) is 0.368. The van der Waals surface area contributed by atoms with Crippen molar-refractivity contribution < 1.29 is 4.74 Å². The summed E-state index contributed by atoms with van der Waals surface area (Å²) in [5.74, 6) is 2.19. The lowest BCUT2D eigenvalue weighted by Gasteiger charge is -1.99. The van der Waals surface area contributed by atoms with E-state index < -0.39 is 0 Å². The lowest BCUT2D eigenvalue weighted by molar-refractivity contribution is 0.363. The Bertz CT molecular complexity index is 104. The van der Waals surface area contributed by atoms with Gasteiger partial charge in [0.05, 0.1) is 12.2 Å². The van der Waals surface area contributed by atoms with Crippen molar-refractivity contribution in [1.29, 1.82) is 0 Å². The Kier molecular flexibility index (Phi) is 0.472. The standard InChI is InChI=1S/C7H10O/c1-4-2-6-7(8-6)3-5(1)4/h4-7H,1-3H2. The Labute approximate surface area is 49.0 Å². The molecule has 0 aromatic rings. The van der Waals surface area contributed by atoms with Crippen molar-refractivity contribution >= 4 is 0 Å². The topological polar surface area (TPSA) is 12.5 Å². The molecule has 0 aromatic heterocycles. The molecule has 0 spiro atoms. The molecule has 1 heteroatoms. The van der Waals surface area contributed by atoms with Gasteiger partial charge in [0.25, 0.3) is 0 Å². The predicted octanol–water partition coefficient (Wildman–Crippen LogP) is 1.18. The molecule has 1 saturated heterocycles. The highest BCUT2D eigenvalue weighted by Crippen LogP contribution is 2.55. The number of hydrogen-bond acceptors (Lipinski definition) is 1. The Balaban J connectivity index is 1.85. The maximum absolute atomic E-state index is 5.38. The molecule has 3 rings (SSSR count). The van der Waals surface area contributed by atoms with Gasteiger partial charge < -0.3 is 4.74 Å². The van der Waals surface area contributed by atoms with Gasteiger partial charge in [0.2, 0.25) is 0 Å². The lowest BCUT2D eigenvalue weighted by Crippen LogP contribution is -2.03. The summed E-state index contributed by atoms with van der Waals surface area (Å²) in [4.78, 5) is 0. The molecule has 1 aliphatic heterocycles. The summed E-state index contributed by atoms with van der Waals surface area (Å²) in [5, 5.41) is 0. The van der Waals surface area contributed by atoms with E-state index in [9.17, 15) is 0 Å². The number of epoxide rings is 1. The average Bonchev–Trinajstić information content (AvgIpc) is 2.45. The fourth-order valence-corrected chi connectivity index (χ4v) is 2.08. The molecule has 44 valence electrons. The first-order chi connectivity index (χ1) is 3.93. The lowest BCUT2D eigenvalue weighted by atomic mass is 10.0. The maximum atomic E-state index is 5.38. The van der Waals surface area contributed by atoms with E-state index in [1.807, 2.05) is 0 Å². The summed E-state index contributed by atoms with van der Waals surface area (Å²) in [7, 11) is 0. The monoisotopic (exact) mass is 110 g/mol. The zero-order valence-electron chi connectivity index (χ0n) is 4.84. The normalized spacial score (nSPS) is 66.0. The van der Waals surface area contributed by atoms with Crippen molar-refractivity contribution in [2.75, 3.05) is 0 Å². The Morgan fingerprint density at radius 3 is 2.12 bits per heavy atom. The SMILES string of the molecule is C1C2CC3OC3CC12. The van der Waals surface area contributed by atoms with Crippen LogP contribution in [0.15, 0.2) is 0 Å². The van der Waals surface area contributed by atoms with Crippen LogP contribution in [0.2, 0.25) is 0 Å². The second-order valence-corrected chi connectivity index (χ2v) is 3.44. The largest absolute Gasteiger partial charge is 0.370 e. The fourth-order valence-electron chi connectivity index (χ4n) is 2.08. The summed E-state index contributed by atoms with van der Waals surface area (Å²) >= 11 is 0. The van der Waals surface area contributed by atoms with E-state index in [0.29, 0.717) is 0 Å². The molecule has 0 aromatic carbocycles. The van der Waals surface area contributed by atoms with E-state index >= 15 is 0 Å². The summed E-state index contributed by atoms with van der Waals surface area (Å²) in [6, 6.07) is 0. The molecule has 0 N–H and O–H groups in total. The number of rotatable bonds is 0. The van der Waals surface area contributed by atoms with Crippen LogP contribution >= 0.6 is 0 Å². The van der Waals surface area contributed by atoms with Gasteiger partial charge in [-0.3, -0.25) is 0 Å².